The van der Waals surface area contributed by atoms with Crippen LogP contribution in [-0.4, -0.2) is 14.1 Å². The zero-order chi connectivity index (χ0) is 17.2. The van der Waals surface area contributed by atoms with E-state index < -0.39 is 14.1 Å². The number of hydrogen-bond acceptors (Lipinski definition) is 0. The summed E-state index contributed by atoms with van der Waals surface area (Å²) < 4.78 is 0. The maximum atomic E-state index is 2.59. The van der Waals surface area contributed by atoms with Gasteiger partial charge in [-0.05, 0) is 96.3 Å². The van der Waals surface area contributed by atoms with Crippen molar-refractivity contribution in [1.29, 1.82) is 0 Å². The molecule has 0 unspecified atom stereocenters. The van der Waals surface area contributed by atoms with Crippen molar-refractivity contribution in [3.8, 4) is 0 Å². The molecule has 3 aliphatic rings. The fourth-order valence-electron chi connectivity index (χ4n) is 5.00. The van der Waals surface area contributed by atoms with Crippen LogP contribution in [0.3, 0.4) is 0 Å². The predicted molar refractivity (Wildman–Crippen MR) is 114 cm³/mol. The van der Waals surface area contributed by atoms with Crippen LogP contribution in [0.5, 0.6) is 0 Å². The van der Waals surface area contributed by atoms with Gasteiger partial charge in [0.25, 0.3) is 14.1 Å². The Morgan fingerprint density at radius 2 is 0.880 bits per heavy atom. The summed E-state index contributed by atoms with van der Waals surface area (Å²) in [4.78, 5) is 0. The monoisotopic (exact) mass is 354 g/mol. The van der Waals surface area contributed by atoms with Gasteiger partial charge in [0.05, 0.1) is 0 Å². The van der Waals surface area contributed by atoms with E-state index in [0.717, 1.165) is 0 Å². The first-order valence-electron chi connectivity index (χ1n) is 11.4. The minimum atomic E-state index is -0.569. The zero-order valence-corrected chi connectivity index (χ0v) is 17.7. The lowest BCUT2D eigenvalue weighted by Crippen LogP contribution is -2.14. The van der Waals surface area contributed by atoms with Crippen LogP contribution in [0.25, 0.3) is 0 Å². The fourth-order valence-corrected chi connectivity index (χ4v) is 8.20. The van der Waals surface area contributed by atoms with Crippen LogP contribution in [0, 0.1) is 0 Å². The third kappa shape index (κ3) is 7.48. The first-order valence-corrected chi connectivity index (χ1v) is 13.9. The number of rotatable bonds is 9. The van der Waals surface area contributed by atoms with E-state index in [2.05, 4.69) is 18.2 Å². The largest absolute Gasteiger partial charge is 0.262 e. The lowest BCUT2D eigenvalue weighted by Gasteiger charge is -2.19. The van der Waals surface area contributed by atoms with Crippen molar-refractivity contribution in [2.24, 2.45) is 0 Å². The highest BCUT2D eigenvalue weighted by molar-refractivity contribution is 6.58. The molecule has 0 radical (unpaired) electrons. The zero-order valence-electron chi connectivity index (χ0n) is 16.5. The summed E-state index contributed by atoms with van der Waals surface area (Å²) in [6, 6.07) is 0. The van der Waals surface area contributed by atoms with Crippen LogP contribution in [-0.2, 0) is 0 Å². The van der Waals surface area contributed by atoms with E-state index in [0.29, 0.717) is 0 Å². The molecule has 0 bridgehead atoms. The van der Waals surface area contributed by atoms with Gasteiger partial charge in [-0.15, -0.1) is 0 Å². The summed E-state index contributed by atoms with van der Waals surface area (Å²) in [5.74, 6) is 0. The topological polar surface area (TPSA) is 0 Å². The molecule has 1 heteroatoms. The van der Waals surface area contributed by atoms with Crippen molar-refractivity contribution in [2.45, 2.75) is 112 Å². The summed E-state index contributed by atoms with van der Waals surface area (Å²) in [5.41, 5.74) is 5.45. The van der Waals surface area contributed by atoms with E-state index in [1.165, 1.54) is 96.3 Å². The molecular weight excluding hydrogens is 315 g/mol. The van der Waals surface area contributed by atoms with Crippen molar-refractivity contribution < 1.29 is 0 Å². The Hall–Kier alpha value is -0.248. The van der Waals surface area contributed by atoms with E-state index in [1.54, 1.807) is 15.8 Å². The van der Waals surface area contributed by atoms with Gasteiger partial charge in [0.15, 0.2) is 0 Å². The Morgan fingerprint density at radius 1 is 0.520 bits per heavy atom. The van der Waals surface area contributed by atoms with Crippen LogP contribution < -0.4 is 0 Å². The standard InChI is InChI=1S/3C8H13.Al/c3*1-2-8-6-4-3-5-7-8;/h3*6H,1-5,7H2;. The van der Waals surface area contributed by atoms with Crippen LogP contribution in [0.2, 0.25) is 15.8 Å². The minimum Gasteiger partial charge on any atom is -0.0901 e. The Bertz CT molecular complexity index is 411. The van der Waals surface area contributed by atoms with Gasteiger partial charge in [-0.1, -0.05) is 50.8 Å². The average molecular weight is 355 g/mol. The average Bonchev–Trinajstić information content (AvgIpc) is 2.70. The van der Waals surface area contributed by atoms with Gasteiger partial charge >= 0.3 is 0 Å². The molecule has 0 N–H and O–H groups in total. The van der Waals surface area contributed by atoms with Crippen molar-refractivity contribution in [3.63, 3.8) is 0 Å². The second-order valence-corrected chi connectivity index (χ2v) is 12.3. The molecule has 138 valence electrons. The van der Waals surface area contributed by atoms with Crippen LogP contribution >= 0.6 is 0 Å². The molecule has 25 heavy (non-hydrogen) atoms. The summed E-state index contributed by atoms with van der Waals surface area (Å²) in [5, 5.41) is 4.77. The molecule has 0 amide bonds. The second kappa shape index (κ2) is 11.5. The highest BCUT2D eigenvalue weighted by Gasteiger charge is 2.19. The molecule has 0 heterocycles. The smallest absolute Gasteiger partial charge is 0.0901 e. The van der Waals surface area contributed by atoms with Crippen LogP contribution in [0.15, 0.2) is 34.9 Å². The van der Waals surface area contributed by atoms with Crippen molar-refractivity contribution in [3.05, 3.63) is 34.9 Å². The second-order valence-electron chi connectivity index (χ2n) is 8.81. The third-order valence-corrected chi connectivity index (χ3v) is 10.1. The van der Waals surface area contributed by atoms with E-state index in [4.69, 9.17) is 0 Å². The summed E-state index contributed by atoms with van der Waals surface area (Å²) in [7, 11) is 0. The fraction of sp³-hybridized carbons (Fsp3) is 0.750. The van der Waals surface area contributed by atoms with Gasteiger partial charge in [-0.25, -0.2) is 0 Å². The summed E-state index contributed by atoms with van der Waals surface area (Å²) in [6.07, 6.45) is 29.1. The molecule has 0 aliphatic heterocycles. The first kappa shape index (κ1) is 19.5. The molecule has 0 saturated carbocycles. The Morgan fingerprint density at radius 3 is 1.16 bits per heavy atom. The van der Waals surface area contributed by atoms with E-state index >= 15 is 0 Å². The summed E-state index contributed by atoms with van der Waals surface area (Å²) >= 11 is -0.569. The highest BCUT2D eigenvalue weighted by atomic mass is 27.2. The molecule has 0 spiro atoms. The molecular formula is C24H39Al. The molecule has 0 saturated heterocycles. The number of allylic oxidation sites excluding steroid dienone is 6. The maximum absolute atomic E-state index is 2.59. The predicted octanol–water partition coefficient (Wildman–Crippen LogP) is 8.15. The molecule has 0 atom stereocenters. The van der Waals surface area contributed by atoms with Crippen molar-refractivity contribution in [1.82, 2.24) is 0 Å². The Balaban J connectivity index is 1.47. The van der Waals surface area contributed by atoms with E-state index in [-0.39, 0.29) is 0 Å². The summed E-state index contributed by atoms with van der Waals surface area (Å²) in [6.45, 7) is 0. The lowest BCUT2D eigenvalue weighted by molar-refractivity contribution is 0.675. The maximum Gasteiger partial charge on any atom is 0.262 e. The van der Waals surface area contributed by atoms with Crippen molar-refractivity contribution >= 4 is 14.1 Å². The van der Waals surface area contributed by atoms with Crippen LogP contribution in [0.1, 0.15) is 96.3 Å². The number of hydrogen-bond donors (Lipinski definition) is 0. The van der Waals surface area contributed by atoms with Gasteiger partial charge in [0, 0.05) is 0 Å². The Kier molecular flexibility index (Phi) is 8.95. The van der Waals surface area contributed by atoms with E-state index in [9.17, 15) is 0 Å². The molecule has 0 aromatic heterocycles. The molecule has 0 aromatic carbocycles. The SMILES string of the molecule is C1=C(C[CH2][Al]([CH2]CC2=CCCCC2)[CH2]CC2=CCCCC2)CCCC1. The van der Waals surface area contributed by atoms with E-state index in [1.807, 2.05) is 16.7 Å². The normalized spacial score (nSPS) is 21.4. The Labute approximate surface area is 161 Å². The first-order chi connectivity index (χ1) is 12.4. The minimum absolute atomic E-state index is 0.569. The lowest BCUT2D eigenvalue weighted by atomic mass is 9.98. The third-order valence-electron chi connectivity index (χ3n) is 6.78. The molecule has 0 nitrogen and oxygen atoms in total. The van der Waals surface area contributed by atoms with Gasteiger partial charge in [0.1, 0.15) is 0 Å². The van der Waals surface area contributed by atoms with Gasteiger partial charge in [-0.2, -0.15) is 0 Å². The van der Waals surface area contributed by atoms with Crippen LogP contribution in [0.4, 0.5) is 0 Å². The van der Waals surface area contributed by atoms with Gasteiger partial charge < -0.3 is 0 Å². The highest BCUT2D eigenvalue weighted by Crippen LogP contribution is 2.29. The molecule has 3 aliphatic carbocycles. The van der Waals surface area contributed by atoms with Gasteiger partial charge in [0.2, 0.25) is 0 Å². The van der Waals surface area contributed by atoms with Gasteiger partial charge in [-0.3, -0.25) is 0 Å². The molecule has 0 fully saturated rings. The molecule has 0 aromatic rings. The molecule has 3 rings (SSSR count). The van der Waals surface area contributed by atoms with Crippen molar-refractivity contribution in [2.75, 3.05) is 0 Å². The quantitative estimate of drug-likeness (QED) is 0.289.